The van der Waals surface area contributed by atoms with E-state index in [9.17, 15) is 8.42 Å². The van der Waals surface area contributed by atoms with Crippen molar-refractivity contribution in [2.75, 3.05) is 52.4 Å². The van der Waals surface area contributed by atoms with Crippen molar-refractivity contribution >= 4 is 10.0 Å². The smallest absolute Gasteiger partial charge is 0.246 e. The molecule has 2 aliphatic rings. The summed E-state index contributed by atoms with van der Waals surface area (Å²) in [7, 11) is -3.48. The summed E-state index contributed by atoms with van der Waals surface area (Å²) in [6, 6.07) is 9.91. The summed E-state index contributed by atoms with van der Waals surface area (Å²) < 4.78 is 35.8. The zero-order chi connectivity index (χ0) is 22.6. The van der Waals surface area contributed by atoms with Crippen LogP contribution in [0.1, 0.15) is 30.7 Å². The van der Waals surface area contributed by atoms with Gasteiger partial charge < -0.3 is 4.74 Å². The van der Waals surface area contributed by atoms with Crippen LogP contribution in [0, 0.1) is 13.8 Å². The van der Waals surface area contributed by atoms with E-state index < -0.39 is 10.0 Å². The van der Waals surface area contributed by atoms with Gasteiger partial charge in [-0.2, -0.15) is 9.40 Å². The maximum atomic E-state index is 13.2. The van der Waals surface area contributed by atoms with Crippen LogP contribution >= 0.6 is 0 Å². The van der Waals surface area contributed by atoms with Gasteiger partial charge in [0.1, 0.15) is 17.3 Å². The summed E-state index contributed by atoms with van der Waals surface area (Å²) in [5.74, 6) is 0.908. The fourth-order valence-corrected chi connectivity index (χ4v) is 6.47. The van der Waals surface area contributed by atoms with Crippen molar-refractivity contribution in [3.63, 3.8) is 0 Å². The van der Waals surface area contributed by atoms with Gasteiger partial charge in [0.15, 0.2) is 0 Å². The average molecular weight is 462 g/mol. The molecule has 0 radical (unpaired) electrons. The number of sulfonamides is 1. The van der Waals surface area contributed by atoms with Crippen LogP contribution in [0.25, 0.3) is 0 Å². The first-order chi connectivity index (χ1) is 15.4. The third-order valence-corrected chi connectivity index (χ3v) is 8.60. The number of piperidine rings is 1. The number of nitrogens with zero attached hydrogens (tertiary/aromatic N) is 5. The largest absolute Gasteiger partial charge is 0.492 e. The molecule has 1 aromatic heterocycles. The van der Waals surface area contributed by atoms with Crippen molar-refractivity contribution in [2.24, 2.45) is 0 Å². The number of hydrogen-bond acceptors (Lipinski definition) is 6. The average Bonchev–Trinajstić information content (AvgIpc) is 3.09. The predicted molar refractivity (Wildman–Crippen MR) is 124 cm³/mol. The Morgan fingerprint density at radius 2 is 1.56 bits per heavy atom. The van der Waals surface area contributed by atoms with Crippen molar-refractivity contribution in [1.82, 2.24) is 23.9 Å². The molecule has 8 nitrogen and oxygen atoms in total. The van der Waals surface area contributed by atoms with Crippen LogP contribution in [0.4, 0.5) is 0 Å². The minimum absolute atomic E-state index is 0.399. The van der Waals surface area contributed by atoms with E-state index in [0.717, 1.165) is 63.4 Å². The van der Waals surface area contributed by atoms with Crippen molar-refractivity contribution < 1.29 is 13.2 Å². The molecule has 2 saturated heterocycles. The lowest BCUT2D eigenvalue weighted by atomic mass is 10.2. The zero-order valence-corrected chi connectivity index (χ0v) is 20.1. The van der Waals surface area contributed by atoms with Gasteiger partial charge in [0, 0.05) is 45.8 Å². The van der Waals surface area contributed by atoms with Crippen LogP contribution in [0.2, 0.25) is 0 Å². The molecule has 0 aliphatic carbocycles. The fourth-order valence-electron chi connectivity index (χ4n) is 4.58. The van der Waals surface area contributed by atoms with Crippen LogP contribution in [0.15, 0.2) is 35.2 Å². The highest BCUT2D eigenvalue weighted by atomic mass is 32.2. The summed E-state index contributed by atoms with van der Waals surface area (Å²) in [6.07, 6.45) is 2.98. The molecule has 0 atom stereocenters. The first-order valence-corrected chi connectivity index (χ1v) is 13.1. The van der Waals surface area contributed by atoms with Crippen LogP contribution in [0.3, 0.4) is 0 Å². The van der Waals surface area contributed by atoms with Crippen LogP contribution in [-0.4, -0.2) is 84.7 Å². The molecule has 0 amide bonds. The van der Waals surface area contributed by atoms with E-state index in [-0.39, 0.29) is 0 Å². The normalized spacial score (nSPS) is 19.3. The van der Waals surface area contributed by atoms with Gasteiger partial charge in [-0.25, -0.2) is 8.42 Å². The highest BCUT2D eigenvalue weighted by molar-refractivity contribution is 7.89. The zero-order valence-electron chi connectivity index (χ0n) is 19.2. The molecular weight excluding hydrogens is 426 g/mol. The van der Waals surface area contributed by atoms with E-state index in [0.29, 0.717) is 37.0 Å². The lowest BCUT2D eigenvalue weighted by molar-refractivity contribution is 0.0919. The van der Waals surface area contributed by atoms with Crippen molar-refractivity contribution in [2.45, 2.75) is 44.7 Å². The Morgan fingerprint density at radius 1 is 0.906 bits per heavy atom. The number of piperazine rings is 1. The number of rotatable bonds is 8. The van der Waals surface area contributed by atoms with Gasteiger partial charge in [-0.1, -0.05) is 24.6 Å². The molecule has 4 rings (SSSR count). The quantitative estimate of drug-likeness (QED) is 0.601. The van der Waals surface area contributed by atoms with E-state index in [1.165, 1.54) is 0 Å². The highest BCUT2D eigenvalue weighted by Crippen LogP contribution is 2.26. The number of hydrogen-bond donors (Lipinski definition) is 0. The monoisotopic (exact) mass is 461 g/mol. The molecule has 0 saturated carbocycles. The summed E-state index contributed by atoms with van der Waals surface area (Å²) in [5.41, 5.74) is 1.34. The maximum Gasteiger partial charge on any atom is 0.246 e. The van der Waals surface area contributed by atoms with E-state index >= 15 is 0 Å². The van der Waals surface area contributed by atoms with Gasteiger partial charge in [-0.05, 0) is 38.8 Å². The molecule has 176 valence electrons. The third-order valence-electron chi connectivity index (χ3n) is 6.45. The van der Waals surface area contributed by atoms with Gasteiger partial charge in [0.2, 0.25) is 10.0 Å². The van der Waals surface area contributed by atoms with Crippen LogP contribution in [0.5, 0.6) is 5.75 Å². The van der Waals surface area contributed by atoms with Gasteiger partial charge in [-0.3, -0.25) is 14.5 Å². The highest BCUT2D eigenvalue weighted by Gasteiger charge is 2.32. The predicted octanol–water partition coefficient (Wildman–Crippen LogP) is 2.33. The molecule has 32 heavy (non-hydrogen) atoms. The third kappa shape index (κ3) is 5.33. The molecule has 3 heterocycles. The number of aryl methyl sites for hydroxylation is 1. The number of benzene rings is 1. The topological polar surface area (TPSA) is 70.9 Å². The Labute approximate surface area is 191 Å². The minimum Gasteiger partial charge on any atom is -0.492 e. The Balaban J connectivity index is 1.30. The van der Waals surface area contributed by atoms with Gasteiger partial charge in [0.25, 0.3) is 0 Å². The summed E-state index contributed by atoms with van der Waals surface area (Å²) in [6.45, 7) is 10.9. The molecule has 0 unspecified atom stereocenters. The lowest BCUT2D eigenvalue weighted by Crippen LogP contribution is -2.47. The Kier molecular flexibility index (Phi) is 7.50. The fraction of sp³-hybridized carbons (Fsp3) is 0.609. The second-order valence-electron chi connectivity index (χ2n) is 8.73. The molecule has 0 N–H and O–H groups in total. The van der Waals surface area contributed by atoms with E-state index in [2.05, 4.69) is 14.9 Å². The molecule has 2 aromatic rings. The number of para-hydroxylation sites is 1. The molecule has 2 aliphatic heterocycles. The number of aromatic nitrogens is 2. The molecule has 1 aromatic carbocycles. The summed E-state index contributed by atoms with van der Waals surface area (Å²) in [4.78, 5) is 5.15. The van der Waals surface area contributed by atoms with Gasteiger partial charge in [-0.15, -0.1) is 0 Å². The Hall–Kier alpha value is -1.94. The first kappa shape index (κ1) is 23.2. The first-order valence-electron chi connectivity index (χ1n) is 11.6. The SMILES string of the molecule is Cc1nn(CN2CCN(CCOc3ccccc3)CC2)c(C)c1S(=O)(=O)N1CCCCC1. The standard InChI is InChI=1S/C23H35N5O3S/c1-20-23(32(29,30)27-11-7-4-8-12-27)21(2)28(24-20)19-26-15-13-25(14-16-26)17-18-31-22-9-5-3-6-10-22/h3,5-6,9-10H,4,7-8,11-19H2,1-2H3. The van der Waals surface area contributed by atoms with Crippen LogP contribution < -0.4 is 4.74 Å². The Bertz CT molecular complexity index is 979. The Morgan fingerprint density at radius 3 is 2.25 bits per heavy atom. The molecule has 2 fully saturated rings. The van der Waals surface area contributed by atoms with Crippen molar-refractivity contribution in [1.29, 1.82) is 0 Å². The van der Waals surface area contributed by atoms with Gasteiger partial charge in [0.05, 0.1) is 18.1 Å². The van der Waals surface area contributed by atoms with Crippen LogP contribution in [-0.2, 0) is 16.7 Å². The minimum atomic E-state index is -3.48. The van der Waals surface area contributed by atoms with E-state index in [1.807, 2.05) is 48.9 Å². The maximum absolute atomic E-state index is 13.2. The number of ether oxygens (including phenoxy) is 1. The molecular formula is C23H35N5O3S. The van der Waals surface area contributed by atoms with Gasteiger partial charge >= 0.3 is 0 Å². The van der Waals surface area contributed by atoms with E-state index in [1.54, 1.807) is 4.31 Å². The molecule has 0 bridgehead atoms. The van der Waals surface area contributed by atoms with Crippen molar-refractivity contribution in [3.05, 3.63) is 41.7 Å². The molecule has 0 spiro atoms. The second-order valence-corrected chi connectivity index (χ2v) is 10.6. The second kappa shape index (κ2) is 10.3. The van der Waals surface area contributed by atoms with E-state index in [4.69, 9.17) is 4.74 Å². The lowest BCUT2D eigenvalue weighted by Gasteiger charge is -2.34. The summed E-state index contributed by atoms with van der Waals surface area (Å²) >= 11 is 0. The van der Waals surface area contributed by atoms with Crippen molar-refractivity contribution in [3.8, 4) is 5.75 Å². The molecule has 9 heteroatoms. The summed E-state index contributed by atoms with van der Waals surface area (Å²) in [5, 5.41) is 4.60.